The summed E-state index contributed by atoms with van der Waals surface area (Å²) in [6, 6.07) is 6.68. The molecule has 0 amide bonds. The lowest BCUT2D eigenvalue weighted by Gasteiger charge is -2.21. The van der Waals surface area contributed by atoms with Crippen LogP contribution in [-0.4, -0.2) is 36.1 Å². The number of esters is 1. The van der Waals surface area contributed by atoms with Gasteiger partial charge < -0.3 is 15.0 Å². The first kappa shape index (κ1) is 19.0. The summed E-state index contributed by atoms with van der Waals surface area (Å²) in [5.41, 5.74) is 1.01. The molecule has 0 unspecified atom stereocenters. The molecule has 0 spiro atoms. The highest BCUT2D eigenvalue weighted by molar-refractivity contribution is 6.33. The van der Waals surface area contributed by atoms with E-state index in [-0.39, 0.29) is 0 Å². The number of methoxy groups -OCH3 is 1. The Morgan fingerprint density at radius 3 is 2.60 bits per heavy atom. The largest absolute Gasteiger partial charge is 0.465 e. The van der Waals surface area contributed by atoms with Crippen molar-refractivity contribution in [2.75, 3.05) is 30.4 Å². The lowest BCUT2D eigenvalue weighted by Crippen LogP contribution is -2.27. The number of aromatic nitrogens is 2. The Morgan fingerprint density at radius 2 is 1.96 bits per heavy atom. The summed E-state index contributed by atoms with van der Waals surface area (Å²) in [6.45, 7) is 6.05. The number of anilines is 3. The van der Waals surface area contributed by atoms with Gasteiger partial charge in [-0.05, 0) is 37.1 Å². The van der Waals surface area contributed by atoms with Crippen LogP contribution in [0.4, 0.5) is 17.5 Å². The smallest absolute Gasteiger partial charge is 0.337 e. The van der Waals surface area contributed by atoms with Crippen LogP contribution >= 0.6 is 11.6 Å². The highest BCUT2D eigenvalue weighted by atomic mass is 35.5. The minimum Gasteiger partial charge on any atom is -0.465 e. The minimum absolute atomic E-state index is 0.417. The molecule has 0 aliphatic carbocycles. The van der Waals surface area contributed by atoms with E-state index in [4.69, 9.17) is 16.3 Å². The van der Waals surface area contributed by atoms with Crippen molar-refractivity contribution in [3.05, 3.63) is 41.0 Å². The van der Waals surface area contributed by atoms with Gasteiger partial charge in [0, 0.05) is 19.3 Å². The van der Waals surface area contributed by atoms with Crippen molar-refractivity contribution < 1.29 is 9.53 Å². The third-order valence-corrected chi connectivity index (χ3v) is 3.89. The third kappa shape index (κ3) is 5.06. The van der Waals surface area contributed by atoms with E-state index in [9.17, 15) is 4.79 Å². The Hall–Kier alpha value is -2.34. The number of rotatable bonds is 8. The van der Waals surface area contributed by atoms with Crippen molar-refractivity contribution in [3.8, 4) is 0 Å². The van der Waals surface area contributed by atoms with Gasteiger partial charge in [-0.1, -0.05) is 25.4 Å². The molecule has 0 saturated heterocycles. The molecular formula is C18H23ClN4O2. The molecule has 1 heterocycles. The Kier molecular flexibility index (Phi) is 7.01. The molecule has 0 saturated carbocycles. The molecule has 1 aromatic heterocycles. The van der Waals surface area contributed by atoms with E-state index in [1.807, 2.05) is 0 Å². The SMILES string of the molecule is CCCN(CCC)c1nccc(Nc2cc(C(=O)OC)ccc2Cl)n1. The van der Waals surface area contributed by atoms with E-state index in [1.54, 1.807) is 30.5 Å². The summed E-state index contributed by atoms with van der Waals surface area (Å²) >= 11 is 6.23. The first-order valence-electron chi connectivity index (χ1n) is 8.31. The van der Waals surface area contributed by atoms with E-state index >= 15 is 0 Å². The van der Waals surface area contributed by atoms with Gasteiger partial charge in [-0.2, -0.15) is 4.98 Å². The van der Waals surface area contributed by atoms with E-state index in [2.05, 4.69) is 34.0 Å². The Labute approximate surface area is 153 Å². The lowest BCUT2D eigenvalue weighted by atomic mass is 10.2. The summed E-state index contributed by atoms with van der Waals surface area (Å²) in [5.74, 6) is 0.875. The Morgan fingerprint density at radius 1 is 1.24 bits per heavy atom. The number of ether oxygens (including phenoxy) is 1. The first-order chi connectivity index (χ1) is 12.1. The van der Waals surface area contributed by atoms with Crippen LogP contribution in [0.2, 0.25) is 5.02 Å². The third-order valence-electron chi connectivity index (χ3n) is 3.56. The van der Waals surface area contributed by atoms with Crippen LogP contribution < -0.4 is 10.2 Å². The maximum atomic E-state index is 11.7. The molecule has 0 radical (unpaired) electrons. The average molecular weight is 363 g/mol. The average Bonchev–Trinajstić information content (AvgIpc) is 2.63. The van der Waals surface area contributed by atoms with Crippen molar-refractivity contribution in [2.45, 2.75) is 26.7 Å². The Bertz CT molecular complexity index is 718. The Balaban J connectivity index is 2.26. The second-order valence-corrected chi connectivity index (χ2v) is 5.95. The molecule has 0 bridgehead atoms. The molecule has 0 atom stereocenters. The molecule has 2 aromatic rings. The van der Waals surface area contributed by atoms with Crippen LogP contribution in [0.1, 0.15) is 37.0 Å². The van der Waals surface area contributed by atoms with Crippen molar-refractivity contribution in [1.82, 2.24) is 9.97 Å². The number of carbonyl (C=O) groups excluding carboxylic acids is 1. The zero-order valence-corrected chi connectivity index (χ0v) is 15.5. The fraction of sp³-hybridized carbons (Fsp3) is 0.389. The molecule has 1 N–H and O–H groups in total. The number of hydrogen-bond acceptors (Lipinski definition) is 6. The van der Waals surface area contributed by atoms with Gasteiger partial charge in [0.15, 0.2) is 0 Å². The van der Waals surface area contributed by atoms with Crippen LogP contribution in [0.5, 0.6) is 0 Å². The van der Waals surface area contributed by atoms with Crippen LogP contribution in [0.15, 0.2) is 30.5 Å². The van der Waals surface area contributed by atoms with Gasteiger partial charge in [0.25, 0.3) is 0 Å². The number of benzene rings is 1. The van der Waals surface area contributed by atoms with Gasteiger partial charge in [0.05, 0.1) is 23.4 Å². The predicted molar refractivity (Wildman–Crippen MR) is 101 cm³/mol. The van der Waals surface area contributed by atoms with E-state index in [0.717, 1.165) is 25.9 Å². The first-order valence-corrected chi connectivity index (χ1v) is 8.69. The second kappa shape index (κ2) is 9.22. The number of nitrogens with zero attached hydrogens (tertiary/aromatic N) is 3. The molecular weight excluding hydrogens is 340 g/mol. The van der Waals surface area contributed by atoms with Crippen LogP contribution in [0.25, 0.3) is 0 Å². The van der Waals surface area contributed by atoms with Gasteiger partial charge >= 0.3 is 5.97 Å². The summed E-state index contributed by atoms with van der Waals surface area (Å²) in [6.07, 6.45) is 3.75. The summed E-state index contributed by atoms with van der Waals surface area (Å²) in [5, 5.41) is 3.65. The molecule has 0 aliphatic heterocycles. The highest BCUT2D eigenvalue weighted by Gasteiger charge is 2.12. The molecule has 134 valence electrons. The second-order valence-electron chi connectivity index (χ2n) is 5.54. The minimum atomic E-state index is -0.417. The number of hydrogen-bond donors (Lipinski definition) is 1. The van der Waals surface area contributed by atoms with E-state index < -0.39 is 5.97 Å². The summed E-state index contributed by atoms with van der Waals surface area (Å²) < 4.78 is 4.74. The van der Waals surface area contributed by atoms with Crippen LogP contribution in [0, 0.1) is 0 Å². The highest BCUT2D eigenvalue weighted by Crippen LogP contribution is 2.26. The van der Waals surface area contributed by atoms with Crippen molar-refractivity contribution >= 4 is 35.0 Å². The van der Waals surface area contributed by atoms with Crippen molar-refractivity contribution in [1.29, 1.82) is 0 Å². The normalized spacial score (nSPS) is 10.4. The van der Waals surface area contributed by atoms with Gasteiger partial charge in [-0.25, -0.2) is 9.78 Å². The van der Waals surface area contributed by atoms with Crippen LogP contribution in [0.3, 0.4) is 0 Å². The van der Waals surface area contributed by atoms with E-state index in [1.165, 1.54) is 7.11 Å². The van der Waals surface area contributed by atoms with Crippen LogP contribution in [-0.2, 0) is 4.74 Å². The van der Waals surface area contributed by atoms with Crippen molar-refractivity contribution in [3.63, 3.8) is 0 Å². The maximum absolute atomic E-state index is 11.7. The number of nitrogens with one attached hydrogen (secondary N) is 1. The lowest BCUT2D eigenvalue weighted by molar-refractivity contribution is 0.0601. The molecule has 0 fully saturated rings. The molecule has 6 nitrogen and oxygen atoms in total. The van der Waals surface area contributed by atoms with Gasteiger partial charge in [0.1, 0.15) is 5.82 Å². The quantitative estimate of drug-likeness (QED) is 0.707. The molecule has 25 heavy (non-hydrogen) atoms. The van der Waals surface area contributed by atoms with Gasteiger partial charge in [0.2, 0.25) is 5.95 Å². The monoisotopic (exact) mass is 362 g/mol. The maximum Gasteiger partial charge on any atom is 0.337 e. The standard InChI is InChI=1S/C18H23ClN4O2/c1-4-10-23(11-5-2)18-20-9-8-16(22-18)21-15-12-13(17(24)25-3)6-7-14(15)19/h6-9,12H,4-5,10-11H2,1-3H3,(H,20,21,22). The van der Waals surface area contributed by atoms with Gasteiger partial charge in [-0.3, -0.25) is 0 Å². The van der Waals surface area contributed by atoms with Crippen molar-refractivity contribution in [2.24, 2.45) is 0 Å². The zero-order chi connectivity index (χ0) is 18.2. The molecule has 0 aliphatic rings. The fourth-order valence-corrected chi connectivity index (χ4v) is 2.59. The molecule has 2 rings (SSSR count). The molecule has 1 aromatic carbocycles. The fourth-order valence-electron chi connectivity index (χ4n) is 2.43. The summed E-state index contributed by atoms with van der Waals surface area (Å²) in [4.78, 5) is 22.8. The number of carbonyl (C=O) groups is 1. The summed E-state index contributed by atoms with van der Waals surface area (Å²) in [7, 11) is 1.34. The number of halogens is 1. The zero-order valence-electron chi connectivity index (χ0n) is 14.8. The van der Waals surface area contributed by atoms with E-state index in [0.29, 0.717) is 28.0 Å². The van der Waals surface area contributed by atoms with Gasteiger partial charge in [-0.15, -0.1) is 0 Å². The topological polar surface area (TPSA) is 67.4 Å². The molecule has 7 heteroatoms. The predicted octanol–water partition coefficient (Wildman–Crippen LogP) is 4.29.